The van der Waals surface area contributed by atoms with Crippen LogP contribution in [0, 0.1) is 0 Å². The van der Waals surface area contributed by atoms with Crippen LogP contribution in [-0.4, -0.2) is 60.0 Å². The second kappa shape index (κ2) is 5.97. The van der Waals surface area contributed by atoms with Crippen LogP contribution in [0.2, 0.25) is 0 Å². The molecule has 1 aliphatic carbocycles. The van der Waals surface area contributed by atoms with Crippen molar-refractivity contribution in [1.29, 1.82) is 0 Å². The van der Waals surface area contributed by atoms with Crippen LogP contribution in [0.25, 0.3) is 0 Å². The number of carbonyl (C=O) groups excluding carboxylic acids is 3. The Morgan fingerprint density at radius 1 is 1.00 bits per heavy atom. The minimum atomic E-state index is -0.347. The number of hydrogen-bond donors (Lipinski definition) is 0. The van der Waals surface area contributed by atoms with Gasteiger partial charge in [0.2, 0.25) is 5.78 Å². The highest BCUT2D eigenvalue weighted by Crippen LogP contribution is 2.30. The van der Waals surface area contributed by atoms with Crippen molar-refractivity contribution in [3.8, 4) is 0 Å². The van der Waals surface area contributed by atoms with Gasteiger partial charge in [-0.1, -0.05) is 31.2 Å². The Labute approximate surface area is 145 Å². The Hall–Kier alpha value is -2.73. The van der Waals surface area contributed by atoms with Crippen molar-refractivity contribution in [2.24, 2.45) is 0 Å². The van der Waals surface area contributed by atoms with Gasteiger partial charge in [-0.2, -0.15) is 0 Å². The van der Waals surface area contributed by atoms with Gasteiger partial charge >= 0.3 is 0 Å². The Bertz CT molecular complexity index is 823. The molecule has 6 nitrogen and oxygen atoms in total. The number of benzene rings is 1. The normalized spacial score (nSPS) is 17.4. The summed E-state index contributed by atoms with van der Waals surface area (Å²) in [5, 5.41) is 0. The first-order chi connectivity index (χ1) is 12.1. The number of furan rings is 1. The van der Waals surface area contributed by atoms with E-state index in [9.17, 15) is 14.4 Å². The second-order valence-electron chi connectivity index (χ2n) is 6.28. The van der Waals surface area contributed by atoms with Gasteiger partial charge < -0.3 is 14.2 Å². The van der Waals surface area contributed by atoms with Crippen LogP contribution < -0.4 is 0 Å². The van der Waals surface area contributed by atoms with Crippen LogP contribution in [0.3, 0.4) is 0 Å². The fraction of sp³-hybridized carbons (Fsp3) is 0.316. The number of hydrogen-bond acceptors (Lipinski definition) is 5. The summed E-state index contributed by atoms with van der Waals surface area (Å²) in [7, 11) is 0. The fourth-order valence-corrected chi connectivity index (χ4v) is 3.40. The highest BCUT2D eigenvalue weighted by atomic mass is 16.4. The van der Waals surface area contributed by atoms with Crippen molar-refractivity contribution in [2.75, 3.05) is 32.7 Å². The lowest BCUT2D eigenvalue weighted by molar-refractivity contribution is 0.0610. The molecule has 0 atom stereocenters. The van der Waals surface area contributed by atoms with Crippen LogP contribution in [0.15, 0.2) is 34.7 Å². The molecule has 25 heavy (non-hydrogen) atoms. The van der Waals surface area contributed by atoms with Gasteiger partial charge in [-0.15, -0.1) is 0 Å². The average Bonchev–Trinajstić information content (AvgIpc) is 3.11. The summed E-state index contributed by atoms with van der Waals surface area (Å²) in [6.07, 6.45) is 0. The smallest absolute Gasteiger partial charge is 0.289 e. The number of ketones is 2. The summed E-state index contributed by atoms with van der Waals surface area (Å²) in [5.41, 5.74) is 0.862. The van der Waals surface area contributed by atoms with E-state index < -0.39 is 0 Å². The Balaban J connectivity index is 1.63. The molecule has 6 heteroatoms. The summed E-state index contributed by atoms with van der Waals surface area (Å²) in [6.45, 7) is 5.89. The molecular weight excluding hydrogens is 320 g/mol. The number of carbonyl (C=O) groups is 3. The molecule has 128 valence electrons. The lowest BCUT2D eigenvalue weighted by atomic mass is 9.88. The molecule has 1 fully saturated rings. The molecule has 0 saturated carbocycles. The van der Waals surface area contributed by atoms with E-state index in [4.69, 9.17) is 4.42 Å². The van der Waals surface area contributed by atoms with E-state index in [-0.39, 0.29) is 34.6 Å². The van der Waals surface area contributed by atoms with Crippen molar-refractivity contribution in [2.45, 2.75) is 6.92 Å². The van der Waals surface area contributed by atoms with Gasteiger partial charge in [0.05, 0.1) is 5.56 Å². The van der Waals surface area contributed by atoms with E-state index in [0.29, 0.717) is 24.2 Å². The highest BCUT2D eigenvalue weighted by Gasteiger charge is 2.35. The first-order valence-electron chi connectivity index (χ1n) is 8.44. The van der Waals surface area contributed by atoms with E-state index in [1.807, 2.05) is 0 Å². The predicted molar refractivity (Wildman–Crippen MR) is 90.0 cm³/mol. The minimum absolute atomic E-state index is 0.0285. The zero-order valence-electron chi connectivity index (χ0n) is 13.9. The fourth-order valence-electron chi connectivity index (χ4n) is 3.40. The van der Waals surface area contributed by atoms with Gasteiger partial charge in [0, 0.05) is 43.4 Å². The molecule has 2 heterocycles. The quantitative estimate of drug-likeness (QED) is 0.713. The van der Waals surface area contributed by atoms with Crippen LogP contribution in [0.4, 0.5) is 0 Å². The molecular formula is C19H18N2O4. The van der Waals surface area contributed by atoms with Crippen molar-refractivity contribution < 1.29 is 18.8 Å². The van der Waals surface area contributed by atoms with Gasteiger partial charge in [0.25, 0.3) is 5.91 Å². The van der Waals surface area contributed by atoms with Gasteiger partial charge in [-0.25, -0.2) is 0 Å². The maximum atomic E-state index is 12.7. The third-order valence-corrected chi connectivity index (χ3v) is 4.92. The number of piperazine rings is 1. The van der Waals surface area contributed by atoms with Crippen LogP contribution >= 0.6 is 0 Å². The first kappa shape index (κ1) is 15.8. The summed E-state index contributed by atoms with van der Waals surface area (Å²) in [5.74, 6) is -0.859. The molecule has 1 aromatic carbocycles. The van der Waals surface area contributed by atoms with Gasteiger partial charge in [-0.3, -0.25) is 14.4 Å². The van der Waals surface area contributed by atoms with E-state index in [1.165, 1.54) is 6.07 Å². The van der Waals surface area contributed by atoms with E-state index in [2.05, 4.69) is 11.8 Å². The molecule has 2 aromatic rings. The largest absolute Gasteiger partial charge is 0.447 e. The van der Waals surface area contributed by atoms with E-state index in [0.717, 1.165) is 19.6 Å². The van der Waals surface area contributed by atoms with E-state index in [1.54, 1.807) is 29.2 Å². The lowest BCUT2D eigenvalue weighted by Gasteiger charge is -2.33. The van der Waals surface area contributed by atoms with Crippen LogP contribution in [0.5, 0.6) is 0 Å². The number of rotatable bonds is 2. The molecule has 1 amide bonds. The number of likely N-dealkylation sites (N-methyl/N-ethyl adjacent to an activating group) is 1. The highest BCUT2D eigenvalue weighted by molar-refractivity contribution is 6.27. The third-order valence-electron chi connectivity index (χ3n) is 4.92. The topological polar surface area (TPSA) is 70.8 Å². The molecule has 2 aliphatic rings. The summed E-state index contributed by atoms with van der Waals surface area (Å²) < 4.78 is 5.54. The van der Waals surface area contributed by atoms with Gasteiger partial charge in [0.1, 0.15) is 0 Å². The lowest BCUT2D eigenvalue weighted by Crippen LogP contribution is -2.48. The average molecular weight is 338 g/mol. The van der Waals surface area contributed by atoms with Crippen LogP contribution in [-0.2, 0) is 0 Å². The predicted octanol–water partition coefficient (Wildman–Crippen LogP) is 1.83. The number of fused-ring (bicyclic) bond motifs is 2. The summed E-state index contributed by atoms with van der Waals surface area (Å²) in [6, 6.07) is 8.06. The van der Waals surface area contributed by atoms with Crippen molar-refractivity contribution in [1.82, 2.24) is 9.80 Å². The monoisotopic (exact) mass is 338 g/mol. The summed E-state index contributed by atoms with van der Waals surface area (Å²) >= 11 is 0. The maximum absolute atomic E-state index is 12.7. The SMILES string of the molecule is CCN1CCN(C(=O)c2cc3c(o2)C(=O)c2ccccc2C3=O)CC1. The van der Waals surface area contributed by atoms with Crippen LogP contribution in [0.1, 0.15) is 49.5 Å². The van der Waals surface area contributed by atoms with Gasteiger partial charge in [-0.05, 0) is 6.54 Å². The Morgan fingerprint density at radius 3 is 2.28 bits per heavy atom. The number of nitrogens with zero attached hydrogens (tertiary/aromatic N) is 2. The van der Waals surface area contributed by atoms with Gasteiger partial charge in [0.15, 0.2) is 17.3 Å². The second-order valence-corrected chi connectivity index (χ2v) is 6.28. The molecule has 0 radical (unpaired) electrons. The third kappa shape index (κ3) is 2.49. The molecule has 0 spiro atoms. The minimum Gasteiger partial charge on any atom is -0.447 e. The summed E-state index contributed by atoms with van der Waals surface area (Å²) in [4.78, 5) is 41.8. The van der Waals surface area contributed by atoms with E-state index >= 15 is 0 Å². The van der Waals surface area contributed by atoms with Crippen molar-refractivity contribution in [3.05, 3.63) is 58.5 Å². The molecule has 0 bridgehead atoms. The molecule has 4 rings (SSSR count). The maximum Gasteiger partial charge on any atom is 0.289 e. The molecule has 0 unspecified atom stereocenters. The van der Waals surface area contributed by atoms with Crippen molar-refractivity contribution >= 4 is 17.5 Å². The standard InChI is InChI=1S/C19H18N2O4/c1-2-20-7-9-21(10-8-20)19(24)15-11-14-16(22)12-5-3-4-6-13(12)17(23)18(14)25-15/h3-6,11H,2,7-10H2,1H3. The molecule has 1 saturated heterocycles. The number of amides is 1. The molecule has 1 aromatic heterocycles. The Morgan fingerprint density at radius 2 is 1.64 bits per heavy atom. The molecule has 0 N–H and O–H groups in total. The molecule has 1 aliphatic heterocycles. The zero-order valence-corrected chi connectivity index (χ0v) is 13.9. The first-order valence-corrected chi connectivity index (χ1v) is 8.44. The van der Waals surface area contributed by atoms with Crippen molar-refractivity contribution in [3.63, 3.8) is 0 Å². The zero-order chi connectivity index (χ0) is 17.6. The Kier molecular flexibility index (Phi) is 3.77.